The minimum atomic E-state index is -0.154. The van der Waals surface area contributed by atoms with Crippen LogP contribution in [0.1, 0.15) is 56.9 Å². The number of nitrogens with one attached hydrogen (secondary N) is 2. The number of piperidine rings is 1. The Kier molecular flexibility index (Phi) is 8.35. The summed E-state index contributed by atoms with van der Waals surface area (Å²) in [6, 6.07) is 10.7. The number of hydrogen-bond donors (Lipinski definition) is 2. The Labute approximate surface area is 175 Å². The summed E-state index contributed by atoms with van der Waals surface area (Å²) in [5.41, 5.74) is 1.11. The van der Waals surface area contributed by atoms with Crippen LogP contribution in [-0.2, 0) is 11.3 Å². The van der Waals surface area contributed by atoms with E-state index in [0.717, 1.165) is 31.5 Å². The first kappa shape index (κ1) is 21.6. The van der Waals surface area contributed by atoms with Crippen molar-refractivity contribution < 1.29 is 9.59 Å². The third kappa shape index (κ3) is 7.03. The minimum absolute atomic E-state index is 0.0373. The molecule has 1 saturated carbocycles. The van der Waals surface area contributed by atoms with Crippen LogP contribution in [0.5, 0.6) is 0 Å². The summed E-state index contributed by atoms with van der Waals surface area (Å²) in [5, 5.41) is 5.97. The van der Waals surface area contributed by atoms with E-state index in [9.17, 15) is 9.59 Å². The summed E-state index contributed by atoms with van der Waals surface area (Å²) in [6.45, 7) is 3.07. The summed E-state index contributed by atoms with van der Waals surface area (Å²) in [5.74, 6) is 0.0373. The van der Waals surface area contributed by atoms with Gasteiger partial charge < -0.3 is 15.5 Å². The van der Waals surface area contributed by atoms with Crippen molar-refractivity contribution in [2.75, 3.05) is 26.7 Å². The van der Waals surface area contributed by atoms with Crippen molar-refractivity contribution in [1.29, 1.82) is 0 Å². The molecular formula is C23H36N4O2. The van der Waals surface area contributed by atoms with Crippen LogP contribution in [0, 0.1) is 0 Å². The Hall–Kier alpha value is -2.08. The lowest BCUT2D eigenvalue weighted by molar-refractivity contribution is -0.130. The normalized spacial score (nSPS) is 20.8. The largest absolute Gasteiger partial charge is 0.341 e. The second-order valence-corrected chi connectivity index (χ2v) is 8.51. The Morgan fingerprint density at radius 3 is 2.59 bits per heavy atom. The number of rotatable bonds is 7. The highest BCUT2D eigenvalue weighted by atomic mass is 16.2. The lowest BCUT2D eigenvalue weighted by atomic mass is 9.92. The fraction of sp³-hybridized carbons (Fsp3) is 0.652. The van der Waals surface area contributed by atoms with E-state index in [1.165, 1.54) is 32.1 Å². The first-order valence-corrected chi connectivity index (χ1v) is 11.2. The van der Waals surface area contributed by atoms with Crippen LogP contribution >= 0.6 is 0 Å². The Balaban J connectivity index is 1.33. The molecule has 1 heterocycles. The SMILES string of the molecule is CN(Cc1ccccc1)C(=O)CCNC(=O)NC1CCCN(C2CCCCC2)C1. The van der Waals surface area contributed by atoms with Gasteiger partial charge in [0.25, 0.3) is 0 Å². The molecule has 6 nitrogen and oxygen atoms in total. The highest BCUT2D eigenvalue weighted by Gasteiger charge is 2.27. The van der Waals surface area contributed by atoms with Gasteiger partial charge in [0.1, 0.15) is 0 Å². The van der Waals surface area contributed by atoms with Gasteiger partial charge >= 0.3 is 6.03 Å². The summed E-state index contributed by atoms with van der Waals surface area (Å²) in [7, 11) is 1.80. The zero-order chi connectivity index (χ0) is 20.5. The summed E-state index contributed by atoms with van der Waals surface area (Å²) in [6.07, 6.45) is 9.15. The molecule has 1 aliphatic carbocycles. The first-order chi connectivity index (χ1) is 14.1. The number of carbonyl (C=O) groups is 2. The van der Waals surface area contributed by atoms with Crippen molar-refractivity contribution in [3.05, 3.63) is 35.9 Å². The van der Waals surface area contributed by atoms with Crippen molar-refractivity contribution >= 4 is 11.9 Å². The predicted octanol–water partition coefficient (Wildman–Crippen LogP) is 3.13. The van der Waals surface area contributed by atoms with Crippen molar-refractivity contribution in [1.82, 2.24) is 20.4 Å². The van der Waals surface area contributed by atoms with Gasteiger partial charge in [-0.3, -0.25) is 9.69 Å². The molecule has 0 radical (unpaired) electrons. The van der Waals surface area contributed by atoms with Gasteiger partial charge in [0.15, 0.2) is 0 Å². The van der Waals surface area contributed by atoms with Crippen molar-refractivity contribution in [3.63, 3.8) is 0 Å². The van der Waals surface area contributed by atoms with Gasteiger partial charge in [-0.15, -0.1) is 0 Å². The van der Waals surface area contributed by atoms with Crippen LogP contribution in [0.25, 0.3) is 0 Å². The van der Waals surface area contributed by atoms with E-state index in [4.69, 9.17) is 0 Å². The number of amides is 3. The maximum Gasteiger partial charge on any atom is 0.315 e. The molecule has 29 heavy (non-hydrogen) atoms. The van der Waals surface area contributed by atoms with Gasteiger partial charge in [0.05, 0.1) is 0 Å². The third-order valence-electron chi connectivity index (χ3n) is 6.19. The van der Waals surface area contributed by atoms with Gasteiger partial charge in [0, 0.05) is 45.2 Å². The first-order valence-electron chi connectivity index (χ1n) is 11.2. The van der Waals surface area contributed by atoms with Crippen molar-refractivity contribution in [2.24, 2.45) is 0 Å². The lowest BCUT2D eigenvalue weighted by Crippen LogP contribution is -2.53. The van der Waals surface area contributed by atoms with Crippen molar-refractivity contribution in [3.8, 4) is 0 Å². The number of nitrogens with zero attached hydrogens (tertiary/aromatic N) is 2. The maximum atomic E-state index is 12.3. The molecule has 1 aromatic rings. The number of urea groups is 1. The molecule has 0 aromatic heterocycles. The van der Waals surface area contributed by atoms with E-state index in [-0.39, 0.29) is 18.0 Å². The van der Waals surface area contributed by atoms with Crippen LogP contribution < -0.4 is 10.6 Å². The maximum absolute atomic E-state index is 12.3. The highest BCUT2D eigenvalue weighted by Crippen LogP contribution is 2.25. The van der Waals surface area contributed by atoms with Gasteiger partial charge in [-0.05, 0) is 37.8 Å². The van der Waals surface area contributed by atoms with Crippen LogP contribution in [0.3, 0.4) is 0 Å². The molecule has 2 aliphatic rings. The van der Waals surface area contributed by atoms with Gasteiger partial charge in [-0.2, -0.15) is 0 Å². The molecule has 2 N–H and O–H groups in total. The van der Waals surface area contributed by atoms with E-state index in [1.807, 2.05) is 30.3 Å². The topological polar surface area (TPSA) is 64.7 Å². The molecule has 3 amide bonds. The number of likely N-dealkylation sites (tertiary alicyclic amines) is 1. The Bertz CT molecular complexity index is 646. The highest BCUT2D eigenvalue weighted by molar-refractivity contribution is 5.78. The van der Waals surface area contributed by atoms with Crippen molar-refractivity contribution in [2.45, 2.75) is 70.0 Å². The van der Waals surface area contributed by atoms with E-state index in [1.54, 1.807) is 11.9 Å². The average Bonchev–Trinajstić information content (AvgIpc) is 2.75. The molecular weight excluding hydrogens is 364 g/mol. The average molecular weight is 401 g/mol. The van der Waals surface area contributed by atoms with Gasteiger partial charge in [0.2, 0.25) is 5.91 Å². The summed E-state index contributed by atoms with van der Waals surface area (Å²) < 4.78 is 0. The fourth-order valence-electron chi connectivity index (χ4n) is 4.56. The van der Waals surface area contributed by atoms with Gasteiger partial charge in [-0.25, -0.2) is 4.79 Å². The molecule has 6 heteroatoms. The Morgan fingerprint density at radius 2 is 1.83 bits per heavy atom. The summed E-state index contributed by atoms with van der Waals surface area (Å²) in [4.78, 5) is 28.8. The van der Waals surface area contributed by atoms with E-state index >= 15 is 0 Å². The monoisotopic (exact) mass is 400 g/mol. The van der Waals surface area contributed by atoms with E-state index in [2.05, 4.69) is 15.5 Å². The predicted molar refractivity (Wildman–Crippen MR) is 116 cm³/mol. The smallest absolute Gasteiger partial charge is 0.315 e. The van der Waals surface area contributed by atoms with E-state index < -0.39 is 0 Å². The summed E-state index contributed by atoms with van der Waals surface area (Å²) >= 11 is 0. The zero-order valence-corrected chi connectivity index (χ0v) is 17.7. The molecule has 1 atom stereocenters. The molecule has 0 spiro atoms. The number of hydrogen-bond acceptors (Lipinski definition) is 3. The molecule has 1 aliphatic heterocycles. The molecule has 1 aromatic carbocycles. The second kappa shape index (κ2) is 11.2. The van der Waals surface area contributed by atoms with Crippen LogP contribution in [0.2, 0.25) is 0 Å². The van der Waals surface area contributed by atoms with E-state index in [0.29, 0.717) is 25.6 Å². The third-order valence-corrected chi connectivity index (χ3v) is 6.19. The van der Waals surface area contributed by atoms with Crippen LogP contribution in [0.4, 0.5) is 4.79 Å². The number of carbonyl (C=O) groups excluding carboxylic acids is 2. The molecule has 160 valence electrons. The molecule has 0 bridgehead atoms. The molecule has 2 fully saturated rings. The standard InChI is InChI=1S/C23H36N4O2/c1-26(17-19-9-4-2-5-10-19)22(28)14-15-24-23(29)25-20-11-8-16-27(18-20)21-12-6-3-7-13-21/h2,4-5,9-10,20-21H,3,6-8,11-18H2,1H3,(H2,24,25,29). The molecule has 3 rings (SSSR count). The fourth-order valence-corrected chi connectivity index (χ4v) is 4.56. The molecule has 1 saturated heterocycles. The zero-order valence-electron chi connectivity index (χ0n) is 17.7. The Morgan fingerprint density at radius 1 is 1.07 bits per heavy atom. The van der Waals surface area contributed by atoms with Crippen LogP contribution in [-0.4, -0.2) is 60.5 Å². The van der Waals surface area contributed by atoms with Crippen LogP contribution in [0.15, 0.2) is 30.3 Å². The quantitative estimate of drug-likeness (QED) is 0.739. The lowest BCUT2D eigenvalue weighted by Gasteiger charge is -2.40. The molecule has 1 unspecified atom stereocenters. The second-order valence-electron chi connectivity index (χ2n) is 8.51. The number of benzene rings is 1. The minimum Gasteiger partial charge on any atom is -0.341 e. The van der Waals surface area contributed by atoms with Gasteiger partial charge in [-0.1, -0.05) is 49.6 Å².